The molecule has 0 saturated heterocycles. The average molecular weight is 214 g/mol. The monoisotopic (exact) mass is 214 g/mol. The number of imidazole rings is 1. The zero-order chi connectivity index (χ0) is 11.4. The van der Waals surface area contributed by atoms with E-state index in [1.54, 1.807) is 0 Å². The third kappa shape index (κ3) is 2.51. The summed E-state index contributed by atoms with van der Waals surface area (Å²) in [7, 11) is 0. The van der Waals surface area contributed by atoms with Gasteiger partial charge in [0.2, 0.25) is 0 Å². The molecule has 2 heteroatoms. The topological polar surface area (TPSA) is 17.8 Å². The molecular weight excluding hydrogens is 196 g/mol. The summed E-state index contributed by atoms with van der Waals surface area (Å²) in [6.45, 7) is 5.24. The number of aromatic nitrogens is 2. The van der Waals surface area contributed by atoms with E-state index in [4.69, 9.17) is 0 Å². The second-order valence-corrected chi connectivity index (χ2v) is 4.25. The quantitative estimate of drug-likeness (QED) is 0.764. The van der Waals surface area contributed by atoms with Gasteiger partial charge in [0.05, 0.1) is 6.33 Å². The molecule has 0 unspecified atom stereocenters. The molecule has 0 aliphatic heterocycles. The first-order valence-corrected chi connectivity index (χ1v) is 5.84. The molecule has 0 N–H and O–H groups in total. The van der Waals surface area contributed by atoms with Crippen LogP contribution in [0.1, 0.15) is 30.2 Å². The molecule has 0 radical (unpaired) electrons. The zero-order valence-corrected chi connectivity index (χ0v) is 9.98. The molecule has 16 heavy (non-hydrogen) atoms. The third-order valence-corrected chi connectivity index (χ3v) is 2.78. The van der Waals surface area contributed by atoms with E-state index in [9.17, 15) is 0 Å². The fourth-order valence-electron chi connectivity index (χ4n) is 1.85. The Hall–Kier alpha value is -1.57. The summed E-state index contributed by atoms with van der Waals surface area (Å²) < 4.78 is 2.23. The van der Waals surface area contributed by atoms with Crippen molar-refractivity contribution in [3.63, 3.8) is 0 Å². The van der Waals surface area contributed by atoms with Crippen molar-refractivity contribution in [3.05, 3.63) is 53.6 Å². The lowest BCUT2D eigenvalue weighted by Crippen LogP contribution is -2.02. The number of benzene rings is 1. The highest BCUT2D eigenvalue weighted by atomic mass is 15.0. The van der Waals surface area contributed by atoms with Gasteiger partial charge in [-0.3, -0.25) is 0 Å². The third-order valence-electron chi connectivity index (χ3n) is 2.78. The Kier molecular flexibility index (Phi) is 3.40. The molecule has 0 saturated carbocycles. The molecule has 0 aliphatic carbocycles. The van der Waals surface area contributed by atoms with Crippen LogP contribution in [-0.4, -0.2) is 9.55 Å². The van der Waals surface area contributed by atoms with Gasteiger partial charge in [-0.2, -0.15) is 0 Å². The molecule has 2 aromatic rings. The minimum Gasteiger partial charge on any atom is -0.330 e. The highest BCUT2D eigenvalue weighted by molar-refractivity contribution is 5.22. The Morgan fingerprint density at radius 3 is 2.62 bits per heavy atom. The molecule has 1 heterocycles. The van der Waals surface area contributed by atoms with E-state index in [0.29, 0.717) is 0 Å². The lowest BCUT2D eigenvalue weighted by molar-refractivity contribution is 0.723. The van der Waals surface area contributed by atoms with Gasteiger partial charge < -0.3 is 4.57 Å². The summed E-state index contributed by atoms with van der Waals surface area (Å²) in [5.41, 5.74) is 3.96. The van der Waals surface area contributed by atoms with Crippen LogP contribution in [0, 0.1) is 6.92 Å². The smallest absolute Gasteiger partial charge is 0.0951 e. The van der Waals surface area contributed by atoms with Gasteiger partial charge in [0, 0.05) is 18.4 Å². The number of aryl methyl sites for hydroxylation is 2. The molecule has 0 bridgehead atoms. The van der Waals surface area contributed by atoms with Crippen LogP contribution in [0.2, 0.25) is 0 Å². The van der Waals surface area contributed by atoms with Crippen LogP contribution in [0.5, 0.6) is 0 Å². The van der Waals surface area contributed by atoms with Crippen LogP contribution >= 0.6 is 0 Å². The summed E-state index contributed by atoms with van der Waals surface area (Å²) in [6.07, 6.45) is 6.16. The predicted molar refractivity (Wildman–Crippen MR) is 66.5 cm³/mol. The van der Waals surface area contributed by atoms with Gasteiger partial charge >= 0.3 is 0 Å². The molecule has 0 spiro atoms. The van der Waals surface area contributed by atoms with Gasteiger partial charge in [-0.05, 0) is 18.9 Å². The van der Waals surface area contributed by atoms with Crippen LogP contribution in [0.15, 0.2) is 36.8 Å². The van der Waals surface area contributed by atoms with Gasteiger partial charge in [0.25, 0.3) is 0 Å². The van der Waals surface area contributed by atoms with E-state index in [1.165, 1.54) is 23.2 Å². The molecule has 0 fully saturated rings. The minimum atomic E-state index is 0.926. The van der Waals surface area contributed by atoms with Crippen molar-refractivity contribution in [3.8, 4) is 0 Å². The Morgan fingerprint density at radius 2 is 1.94 bits per heavy atom. The molecule has 1 aromatic heterocycles. The number of hydrogen-bond donors (Lipinski definition) is 0. The fourth-order valence-corrected chi connectivity index (χ4v) is 1.85. The van der Waals surface area contributed by atoms with E-state index in [2.05, 4.69) is 47.7 Å². The standard InChI is InChI=1S/C14H18N2/c1-3-4-14-9-15-11-16(14)10-13-7-5-12(2)6-8-13/h5-9,11H,3-4,10H2,1-2H3. The average Bonchev–Trinajstić information content (AvgIpc) is 2.70. The Labute approximate surface area is 97.0 Å². The SMILES string of the molecule is CCCc1cncn1Cc1ccc(C)cc1. The second-order valence-electron chi connectivity index (χ2n) is 4.25. The molecule has 0 atom stereocenters. The van der Waals surface area contributed by atoms with Crippen molar-refractivity contribution in [1.82, 2.24) is 9.55 Å². The van der Waals surface area contributed by atoms with E-state index < -0.39 is 0 Å². The summed E-state index contributed by atoms with van der Waals surface area (Å²) in [5, 5.41) is 0. The molecule has 2 nitrogen and oxygen atoms in total. The van der Waals surface area contributed by atoms with E-state index in [0.717, 1.165) is 13.0 Å². The molecule has 2 rings (SSSR count). The van der Waals surface area contributed by atoms with E-state index in [1.807, 2.05) is 12.5 Å². The van der Waals surface area contributed by atoms with Crippen molar-refractivity contribution >= 4 is 0 Å². The van der Waals surface area contributed by atoms with Crippen LogP contribution in [0.4, 0.5) is 0 Å². The highest BCUT2D eigenvalue weighted by Gasteiger charge is 2.01. The summed E-state index contributed by atoms with van der Waals surface area (Å²) >= 11 is 0. The Balaban J connectivity index is 2.13. The summed E-state index contributed by atoms with van der Waals surface area (Å²) in [6, 6.07) is 8.69. The lowest BCUT2D eigenvalue weighted by Gasteiger charge is -2.07. The molecule has 84 valence electrons. The van der Waals surface area contributed by atoms with Crippen molar-refractivity contribution in [2.45, 2.75) is 33.2 Å². The van der Waals surface area contributed by atoms with Crippen LogP contribution in [0.25, 0.3) is 0 Å². The fraction of sp³-hybridized carbons (Fsp3) is 0.357. The maximum atomic E-state index is 4.22. The zero-order valence-electron chi connectivity index (χ0n) is 9.98. The lowest BCUT2D eigenvalue weighted by atomic mass is 10.1. The van der Waals surface area contributed by atoms with Crippen molar-refractivity contribution < 1.29 is 0 Å². The van der Waals surface area contributed by atoms with Gasteiger partial charge in [-0.25, -0.2) is 4.98 Å². The first-order chi connectivity index (χ1) is 7.79. The maximum Gasteiger partial charge on any atom is 0.0951 e. The first-order valence-electron chi connectivity index (χ1n) is 5.84. The maximum absolute atomic E-state index is 4.22. The van der Waals surface area contributed by atoms with E-state index in [-0.39, 0.29) is 0 Å². The van der Waals surface area contributed by atoms with Gasteiger partial charge in [-0.15, -0.1) is 0 Å². The summed E-state index contributed by atoms with van der Waals surface area (Å²) in [4.78, 5) is 4.22. The molecule has 1 aromatic carbocycles. The van der Waals surface area contributed by atoms with Crippen molar-refractivity contribution in [2.75, 3.05) is 0 Å². The number of nitrogens with zero attached hydrogens (tertiary/aromatic N) is 2. The molecular formula is C14H18N2. The minimum absolute atomic E-state index is 0.926. The molecule has 0 aliphatic rings. The van der Waals surface area contributed by atoms with Gasteiger partial charge in [0.1, 0.15) is 0 Å². The normalized spacial score (nSPS) is 10.6. The predicted octanol–water partition coefficient (Wildman–Crippen LogP) is 3.19. The van der Waals surface area contributed by atoms with Gasteiger partial charge in [-0.1, -0.05) is 43.2 Å². The molecule has 0 amide bonds. The van der Waals surface area contributed by atoms with Crippen molar-refractivity contribution in [2.24, 2.45) is 0 Å². The Morgan fingerprint density at radius 1 is 1.19 bits per heavy atom. The first kappa shape index (κ1) is 10.9. The van der Waals surface area contributed by atoms with Crippen LogP contribution in [-0.2, 0) is 13.0 Å². The van der Waals surface area contributed by atoms with Crippen LogP contribution < -0.4 is 0 Å². The van der Waals surface area contributed by atoms with E-state index >= 15 is 0 Å². The number of hydrogen-bond acceptors (Lipinski definition) is 1. The Bertz CT molecular complexity index is 440. The van der Waals surface area contributed by atoms with Gasteiger partial charge in [0.15, 0.2) is 0 Å². The summed E-state index contributed by atoms with van der Waals surface area (Å²) in [5.74, 6) is 0. The number of rotatable bonds is 4. The second kappa shape index (κ2) is 4.97. The van der Waals surface area contributed by atoms with Crippen LogP contribution in [0.3, 0.4) is 0 Å². The highest BCUT2D eigenvalue weighted by Crippen LogP contribution is 2.09. The van der Waals surface area contributed by atoms with Crippen molar-refractivity contribution in [1.29, 1.82) is 0 Å². The largest absolute Gasteiger partial charge is 0.330 e.